The lowest BCUT2D eigenvalue weighted by Gasteiger charge is -2.27. The molecular formula is C26H33N3O4. The molecule has 1 unspecified atom stereocenters. The van der Waals surface area contributed by atoms with Crippen molar-refractivity contribution in [3.8, 4) is 17.1 Å². The van der Waals surface area contributed by atoms with E-state index in [-0.39, 0.29) is 5.91 Å². The highest BCUT2D eigenvalue weighted by Crippen LogP contribution is 2.24. The Hall–Kier alpha value is -3.16. The molecule has 7 nitrogen and oxygen atoms in total. The van der Waals surface area contributed by atoms with E-state index in [4.69, 9.17) is 9.26 Å². The fourth-order valence-corrected chi connectivity index (χ4v) is 3.67. The average Bonchev–Trinajstić information content (AvgIpc) is 3.33. The number of aromatic nitrogens is 1. The predicted molar refractivity (Wildman–Crippen MR) is 129 cm³/mol. The number of ether oxygens (including phenoxy) is 1. The van der Waals surface area contributed by atoms with Gasteiger partial charge in [-0.25, -0.2) is 0 Å². The molecule has 4 rings (SSSR count). The topological polar surface area (TPSA) is 87.8 Å². The van der Waals surface area contributed by atoms with Gasteiger partial charge < -0.3 is 24.6 Å². The van der Waals surface area contributed by atoms with Gasteiger partial charge in [-0.15, -0.1) is 0 Å². The Bertz CT molecular complexity index is 967. The minimum atomic E-state index is -0.575. The highest BCUT2D eigenvalue weighted by atomic mass is 16.5. The van der Waals surface area contributed by atoms with Crippen LogP contribution in [0.3, 0.4) is 0 Å². The van der Waals surface area contributed by atoms with Crippen LogP contribution in [0.15, 0.2) is 65.2 Å². The molecular weight excluding hydrogens is 418 g/mol. The second kappa shape index (κ2) is 12.8. The minimum absolute atomic E-state index is 0.0656. The molecule has 1 aliphatic rings. The minimum Gasteiger partial charge on any atom is -0.494 e. The lowest BCUT2D eigenvalue weighted by atomic mass is 10.1. The molecule has 2 N–H and O–H groups in total. The van der Waals surface area contributed by atoms with Gasteiger partial charge in [0.2, 0.25) is 5.91 Å². The molecule has 0 bridgehead atoms. The van der Waals surface area contributed by atoms with Crippen molar-refractivity contribution in [1.82, 2.24) is 10.1 Å². The number of hydrogen-bond donors (Lipinski definition) is 2. The van der Waals surface area contributed by atoms with Crippen LogP contribution in [0.4, 0.5) is 5.69 Å². The molecule has 0 spiro atoms. The van der Waals surface area contributed by atoms with Gasteiger partial charge >= 0.3 is 0 Å². The highest BCUT2D eigenvalue weighted by molar-refractivity contribution is 5.88. The maximum absolute atomic E-state index is 10.7. The molecule has 1 aromatic heterocycles. The zero-order chi connectivity index (χ0) is 23.5. The van der Waals surface area contributed by atoms with Crippen molar-refractivity contribution in [2.75, 3.05) is 31.6 Å². The Morgan fingerprint density at radius 3 is 2.45 bits per heavy atom. The number of aliphatic hydroxyl groups excluding tert-OH is 1. The van der Waals surface area contributed by atoms with E-state index in [1.165, 1.54) is 26.2 Å². The fourth-order valence-electron chi connectivity index (χ4n) is 3.67. The highest BCUT2D eigenvalue weighted by Gasteiger charge is 2.19. The third-order valence-corrected chi connectivity index (χ3v) is 5.29. The van der Waals surface area contributed by atoms with Gasteiger partial charge in [-0.1, -0.05) is 41.9 Å². The van der Waals surface area contributed by atoms with Gasteiger partial charge in [0.25, 0.3) is 0 Å². The Kier molecular flexibility index (Phi) is 9.47. The van der Waals surface area contributed by atoms with Gasteiger partial charge in [0.1, 0.15) is 17.5 Å². The van der Waals surface area contributed by atoms with Crippen LogP contribution in [0.5, 0.6) is 5.75 Å². The summed E-state index contributed by atoms with van der Waals surface area (Å²) >= 11 is 0. The zero-order valence-electron chi connectivity index (χ0n) is 19.4. The number of benzene rings is 2. The van der Waals surface area contributed by atoms with Crippen LogP contribution in [0.2, 0.25) is 0 Å². The van der Waals surface area contributed by atoms with Crippen molar-refractivity contribution >= 4 is 11.6 Å². The summed E-state index contributed by atoms with van der Waals surface area (Å²) in [5.74, 6) is 1.46. The molecule has 1 atom stereocenters. The lowest BCUT2D eigenvalue weighted by Crippen LogP contribution is -2.33. The van der Waals surface area contributed by atoms with E-state index in [2.05, 4.69) is 15.4 Å². The molecule has 2 heterocycles. The summed E-state index contributed by atoms with van der Waals surface area (Å²) in [5, 5.41) is 17.0. The summed E-state index contributed by atoms with van der Waals surface area (Å²) in [4.78, 5) is 13.0. The van der Waals surface area contributed by atoms with E-state index in [1.807, 2.05) is 67.6 Å². The number of β-amino-alcohol motifs (C(OH)–C–C–N with tert-alkyl or cyclic N) is 1. The van der Waals surface area contributed by atoms with Gasteiger partial charge in [-0.2, -0.15) is 0 Å². The summed E-state index contributed by atoms with van der Waals surface area (Å²) < 4.78 is 10.6. The summed E-state index contributed by atoms with van der Waals surface area (Å²) in [5.41, 5.74) is 2.39. The Labute approximate surface area is 195 Å². The molecule has 1 fully saturated rings. The fraction of sp³-hybridized carbons (Fsp3) is 0.385. The Morgan fingerprint density at radius 2 is 1.82 bits per heavy atom. The first-order valence-electron chi connectivity index (χ1n) is 11.5. The molecule has 176 valence electrons. The number of piperidine rings is 1. The van der Waals surface area contributed by atoms with Crippen LogP contribution in [0, 0.1) is 0 Å². The molecule has 1 aliphatic heterocycles. The number of carbonyl (C=O) groups excluding carboxylic acids is 1. The molecule has 0 radical (unpaired) electrons. The van der Waals surface area contributed by atoms with Gasteiger partial charge in [0, 0.05) is 30.8 Å². The van der Waals surface area contributed by atoms with E-state index in [1.54, 1.807) is 0 Å². The standard InChI is InChI=1S/C16H20N2O2.C10H13NO2/c19-15(12-18-9-5-2-6-10-18)14-11-16(20-17-14)13-7-3-1-4-8-13;1-3-13-10-6-4-9(5-7-10)11-8(2)12/h1,3-4,7-8,11,15,19H,2,5-6,9-10,12H2;4-7H,3H2,1-2H3,(H,11,12). The van der Waals surface area contributed by atoms with E-state index < -0.39 is 6.10 Å². The monoisotopic (exact) mass is 451 g/mol. The Morgan fingerprint density at radius 1 is 1.12 bits per heavy atom. The van der Waals surface area contributed by atoms with E-state index in [0.717, 1.165) is 30.1 Å². The van der Waals surface area contributed by atoms with Crippen molar-refractivity contribution in [2.24, 2.45) is 0 Å². The predicted octanol–water partition coefficient (Wildman–Crippen LogP) is 4.90. The van der Waals surface area contributed by atoms with E-state index in [0.29, 0.717) is 24.6 Å². The number of amides is 1. The van der Waals surface area contributed by atoms with Crippen LogP contribution >= 0.6 is 0 Å². The molecule has 2 aromatic carbocycles. The third-order valence-electron chi connectivity index (χ3n) is 5.29. The summed E-state index contributed by atoms with van der Waals surface area (Å²) in [6.45, 7) is 6.85. The summed E-state index contributed by atoms with van der Waals surface area (Å²) in [6, 6.07) is 18.9. The molecule has 3 aromatic rings. The van der Waals surface area contributed by atoms with Gasteiger partial charge in [-0.05, 0) is 57.1 Å². The van der Waals surface area contributed by atoms with Gasteiger partial charge in [0.05, 0.1) is 6.61 Å². The Balaban J connectivity index is 0.000000205. The first-order chi connectivity index (χ1) is 16.0. The van der Waals surface area contributed by atoms with Gasteiger partial charge in [-0.3, -0.25) is 4.79 Å². The quantitative estimate of drug-likeness (QED) is 0.531. The number of carbonyl (C=O) groups is 1. The smallest absolute Gasteiger partial charge is 0.221 e. The number of aliphatic hydroxyl groups is 1. The molecule has 0 saturated carbocycles. The normalized spacial score (nSPS) is 14.6. The maximum atomic E-state index is 10.7. The van der Waals surface area contributed by atoms with Crippen LogP contribution in [0.1, 0.15) is 44.9 Å². The third kappa shape index (κ3) is 8.04. The number of nitrogens with zero attached hydrogens (tertiary/aromatic N) is 2. The number of rotatable bonds is 7. The van der Waals surface area contributed by atoms with Crippen LogP contribution in [-0.4, -0.2) is 47.3 Å². The van der Waals surface area contributed by atoms with Crippen LogP contribution < -0.4 is 10.1 Å². The number of anilines is 1. The van der Waals surface area contributed by atoms with Crippen molar-refractivity contribution in [2.45, 2.75) is 39.2 Å². The summed E-state index contributed by atoms with van der Waals surface area (Å²) in [7, 11) is 0. The van der Waals surface area contributed by atoms with Crippen molar-refractivity contribution < 1.29 is 19.2 Å². The average molecular weight is 452 g/mol. The number of hydrogen-bond acceptors (Lipinski definition) is 6. The van der Waals surface area contributed by atoms with E-state index in [9.17, 15) is 9.90 Å². The summed E-state index contributed by atoms with van der Waals surface area (Å²) in [6.07, 6.45) is 3.17. The van der Waals surface area contributed by atoms with Crippen molar-refractivity contribution in [3.05, 3.63) is 66.4 Å². The van der Waals surface area contributed by atoms with Crippen molar-refractivity contribution in [3.63, 3.8) is 0 Å². The van der Waals surface area contributed by atoms with E-state index >= 15 is 0 Å². The first-order valence-corrected chi connectivity index (χ1v) is 11.5. The van der Waals surface area contributed by atoms with Crippen LogP contribution in [0.25, 0.3) is 11.3 Å². The number of nitrogens with one attached hydrogen (secondary N) is 1. The zero-order valence-corrected chi connectivity index (χ0v) is 19.4. The molecule has 7 heteroatoms. The second-order valence-corrected chi connectivity index (χ2v) is 8.00. The lowest BCUT2D eigenvalue weighted by molar-refractivity contribution is -0.114. The largest absolute Gasteiger partial charge is 0.494 e. The SMILES string of the molecule is CCOc1ccc(NC(C)=O)cc1.OC(CN1CCCCC1)c1cc(-c2ccccc2)on1. The molecule has 1 saturated heterocycles. The van der Waals surface area contributed by atoms with Gasteiger partial charge in [0.15, 0.2) is 5.76 Å². The maximum Gasteiger partial charge on any atom is 0.221 e. The second-order valence-electron chi connectivity index (χ2n) is 8.00. The molecule has 1 amide bonds. The first kappa shape index (κ1) is 24.5. The number of likely N-dealkylation sites (tertiary alicyclic amines) is 1. The molecule has 0 aliphatic carbocycles. The molecule has 33 heavy (non-hydrogen) atoms. The van der Waals surface area contributed by atoms with Crippen molar-refractivity contribution in [1.29, 1.82) is 0 Å². The van der Waals surface area contributed by atoms with Crippen LogP contribution in [-0.2, 0) is 4.79 Å².